The fourth-order valence-corrected chi connectivity index (χ4v) is 4.23. The van der Waals surface area contributed by atoms with E-state index in [9.17, 15) is 18.5 Å². The Morgan fingerprint density at radius 3 is 2.83 bits per heavy atom. The fraction of sp³-hybridized carbons (Fsp3) is 0.571. The minimum Gasteiger partial charge on any atom is -0.385 e. The molecule has 0 spiro atoms. The Hall–Kier alpha value is -1.59. The number of hydrogen-bond donors (Lipinski definition) is 1. The number of sulfonamides is 1. The van der Waals surface area contributed by atoms with Gasteiger partial charge in [-0.25, -0.2) is 13.1 Å². The van der Waals surface area contributed by atoms with Gasteiger partial charge >= 0.3 is 0 Å². The van der Waals surface area contributed by atoms with E-state index < -0.39 is 26.2 Å². The zero-order valence-electron chi connectivity index (χ0n) is 13.5. The van der Waals surface area contributed by atoms with Crippen molar-refractivity contribution in [3.05, 3.63) is 39.9 Å². The summed E-state index contributed by atoms with van der Waals surface area (Å²) < 4.78 is 32.6. The Labute approximate surface area is 140 Å². The molecule has 1 heterocycles. The molecule has 1 aromatic rings. The summed E-state index contributed by atoms with van der Waals surface area (Å²) in [6.45, 7) is 0.615. The molecule has 134 valence electrons. The van der Waals surface area contributed by atoms with Crippen LogP contribution in [0.25, 0.3) is 0 Å². The molecule has 2 rings (SSSR count). The molecule has 1 fully saturated rings. The third-order valence-electron chi connectivity index (χ3n) is 3.87. The number of hydrogen-bond acceptors (Lipinski definition) is 7. The molecule has 24 heavy (non-hydrogen) atoms. The number of nitro benzene ring substituents is 1. The highest BCUT2D eigenvalue weighted by atomic mass is 32.2. The third-order valence-corrected chi connectivity index (χ3v) is 5.66. The maximum Gasteiger partial charge on any atom is 0.274 e. The Morgan fingerprint density at radius 1 is 1.46 bits per heavy atom. The van der Waals surface area contributed by atoms with Crippen molar-refractivity contribution in [2.45, 2.75) is 17.7 Å². The first-order valence-electron chi connectivity index (χ1n) is 7.45. The Morgan fingerprint density at radius 2 is 2.17 bits per heavy atom. The number of hydroxylamine groups is 2. The van der Waals surface area contributed by atoms with E-state index in [2.05, 4.69) is 4.72 Å². The molecule has 9 nitrogen and oxygen atoms in total. The molecular weight excluding hydrogens is 338 g/mol. The van der Waals surface area contributed by atoms with E-state index in [1.54, 1.807) is 32.4 Å². The largest absolute Gasteiger partial charge is 0.385 e. The van der Waals surface area contributed by atoms with E-state index in [4.69, 9.17) is 9.57 Å². The normalized spacial score (nSPS) is 21.9. The van der Waals surface area contributed by atoms with E-state index in [1.165, 1.54) is 11.1 Å². The van der Waals surface area contributed by atoms with Crippen molar-refractivity contribution in [2.75, 3.05) is 33.9 Å². The molecule has 0 radical (unpaired) electrons. The maximum atomic E-state index is 12.6. The van der Waals surface area contributed by atoms with Gasteiger partial charge in [-0.2, -0.15) is 5.06 Å². The average molecular weight is 359 g/mol. The summed E-state index contributed by atoms with van der Waals surface area (Å²) in [6, 6.07) is 5.35. The lowest BCUT2D eigenvalue weighted by atomic mass is 10.0. The van der Waals surface area contributed by atoms with Crippen LogP contribution in [0, 0.1) is 10.1 Å². The van der Waals surface area contributed by atoms with Gasteiger partial charge in [0.1, 0.15) is 5.25 Å². The SMILES string of the molecule is COCCCNS(=O)(=O)C1CON(C)C1c1ccccc1[N+](=O)[O-]. The number of nitrogens with zero attached hydrogens (tertiary/aromatic N) is 2. The summed E-state index contributed by atoms with van der Waals surface area (Å²) in [5.74, 6) is 0. The van der Waals surface area contributed by atoms with Gasteiger partial charge in [0.25, 0.3) is 5.69 Å². The monoisotopic (exact) mass is 359 g/mol. The molecule has 0 saturated carbocycles. The lowest BCUT2D eigenvalue weighted by Crippen LogP contribution is -2.40. The first-order chi connectivity index (χ1) is 11.4. The summed E-state index contributed by atoms with van der Waals surface area (Å²) in [4.78, 5) is 16.1. The van der Waals surface area contributed by atoms with Crippen molar-refractivity contribution < 1.29 is 22.9 Å². The van der Waals surface area contributed by atoms with E-state index >= 15 is 0 Å². The van der Waals surface area contributed by atoms with E-state index in [-0.39, 0.29) is 18.8 Å². The molecule has 2 atom stereocenters. The van der Waals surface area contributed by atoms with Crippen molar-refractivity contribution in [3.8, 4) is 0 Å². The van der Waals surface area contributed by atoms with Crippen molar-refractivity contribution >= 4 is 15.7 Å². The quantitative estimate of drug-likeness (QED) is 0.416. The van der Waals surface area contributed by atoms with Crippen LogP contribution >= 0.6 is 0 Å². The van der Waals surface area contributed by atoms with Crippen LogP contribution in [0.15, 0.2) is 24.3 Å². The maximum absolute atomic E-state index is 12.6. The zero-order valence-corrected chi connectivity index (χ0v) is 14.4. The van der Waals surface area contributed by atoms with Crippen molar-refractivity contribution in [1.82, 2.24) is 9.79 Å². The van der Waals surface area contributed by atoms with Gasteiger partial charge in [-0.15, -0.1) is 0 Å². The van der Waals surface area contributed by atoms with Crippen molar-refractivity contribution in [1.29, 1.82) is 0 Å². The molecule has 1 saturated heterocycles. The summed E-state index contributed by atoms with van der Waals surface area (Å²) >= 11 is 0. The van der Waals surface area contributed by atoms with Crippen LogP contribution in [-0.2, 0) is 19.6 Å². The molecule has 10 heteroatoms. The van der Waals surface area contributed by atoms with Gasteiger partial charge in [0.15, 0.2) is 0 Å². The molecular formula is C14H21N3O6S. The fourth-order valence-electron chi connectivity index (χ4n) is 2.69. The molecule has 0 bridgehead atoms. The number of methoxy groups -OCH3 is 1. The average Bonchev–Trinajstić information content (AvgIpc) is 2.94. The van der Waals surface area contributed by atoms with Gasteiger partial charge in [-0.3, -0.25) is 15.0 Å². The molecule has 0 amide bonds. The van der Waals surface area contributed by atoms with Gasteiger partial charge in [0, 0.05) is 33.4 Å². The number of rotatable bonds is 8. The Kier molecular flexibility index (Phi) is 6.24. The highest BCUT2D eigenvalue weighted by Gasteiger charge is 2.45. The number of benzene rings is 1. The zero-order chi connectivity index (χ0) is 17.7. The third kappa shape index (κ3) is 4.08. The summed E-state index contributed by atoms with van der Waals surface area (Å²) in [7, 11) is -0.596. The number of nitrogens with one attached hydrogen (secondary N) is 1. The van der Waals surface area contributed by atoms with Crippen LogP contribution in [-0.4, -0.2) is 57.6 Å². The van der Waals surface area contributed by atoms with Crippen LogP contribution in [0.1, 0.15) is 18.0 Å². The van der Waals surface area contributed by atoms with Crippen molar-refractivity contribution in [2.24, 2.45) is 0 Å². The van der Waals surface area contributed by atoms with Crippen molar-refractivity contribution in [3.63, 3.8) is 0 Å². The van der Waals surface area contributed by atoms with Gasteiger partial charge in [0.2, 0.25) is 10.0 Å². The van der Waals surface area contributed by atoms with Crippen LogP contribution in [0.4, 0.5) is 5.69 Å². The second-order valence-corrected chi connectivity index (χ2v) is 7.41. The lowest BCUT2D eigenvalue weighted by molar-refractivity contribution is -0.386. The van der Waals surface area contributed by atoms with Gasteiger partial charge in [-0.05, 0) is 6.42 Å². The number of ether oxygens (including phenoxy) is 1. The number of nitro groups is 1. The predicted molar refractivity (Wildman–Crippen MR) is 86.8 cm³/mol. The molecule has 2 unspecified atom stereocenters. The molecule has 1 aromatic carbocycles. The highest BCUT2D eigenvalue weighted by Crippen LogP contribution is 2.37. The predicted octanol–water partition coefficient (Wildman–Crippen LogP) is 0.837. The minimum absolute atomic E-state index is 0.0627. The van der Waals surface area contributed by atoms with E-state index in [1.807, 2.05) is 0 Å². The summed E-state index contributed by atoms with van der Waals surface area (Å²) in [6.07, 6.45) is 0.537. The van der Waals surface area contributed by atoms with Crippen LogP contribution in [0.2, 0.25) is 0 Å². The standard InChI is InChI=1S/C14H21N3O6S/c1-16-14(11-6-3-4-7-12(11)17(18)19)13(10-23-16)24(20,21)15-8-5-9-22-2/h3-4,6-7,13-15H,5,8-10H2,1-2H3. The molecule has 1 aliphatic heterocycles. The number of para-hydroxylation sites is 1. The first-order valence-corrected chi connectivity index (χ1v) is 8.99. The summed E-state index contributed by atoms with van der Waals surface area (Å²) in [5, 5.41) is 11.7. The van der Waals surface area contributed by atoms with Crippen LogP contribution < -0.4 is 4.72 Å². The smallest absolute Gasteiger partial charge is 0.274 e. The Balaban J connectivity index is 2.26. The molecule has 1 N–H and O–H groups in total. The first kappa shape index (κ1) is 18.7. The lowest BCUT2D eigenvalue weighted by Gasteiger charge is -2.22. The van der Waals surface area contributed by atoms with Crippen LogP contribution in [0.5, 0.6) is 0 Å². The molecule has 1 aliphatic rings. The van der Waals surface area contributed by atoms with Gasteiger partial charge in [-0.1, -0.05) is 18.2 Å². The Bertz CT molecular complexity index is 681. The minimum atomic E-state index is -3.71. The molecule has 0 aliphatic carbocycles. The van der Waals surface area contributed by atoms with Gasteiger partial charge < -0.3 is 4.74 Å². The second kappa shape index (κ2) is 7.99. The topological polar surface area (TPSA) is 111 Å². The van der Waals surface area contributed by atoms with Crippen LogP contribution in [0.3, 0.4) is 0 Å². The van der Waals surface area contributed by atoms with E-state index in [0.29, 0.717) is 18.6 Å². The van der Waals surface area contributed by atoms with E-state index in [0.717, 1.165) is 0 Å². The summed E-state index contributed by atoms with van der Waals surface area (Å²) in [5.41, 5.74) is 0.189. The molecule has 0 aromatic heterocycles. The van der Waals surface area contributed by atoms with Gasteiger partial charge in [0.05, 0.1) is 23.1 Å². The highest BCUT2D eigenvalue weighted by molar-refractivity contribution is 7.90. The second-order valence-electron chi connectivity index (χ2n) is 5.43.